The van der Waals surface area contributed by atoms with E-state index < -0.39 is 29.8 Å². The number of nitrogens with one attached hydrogen (secondary N) is 1. The first-order valence-corrected chi connectivity index (χ1v) is 8.80. The number of rotatable bonds is 8. The molecular weight excluding hydrogens is 352 g/mol. The van der Waals surface area contributed by atoms with E-state index in [1.165, 1.54) is 4.90 Å². The summed E-state index contributed by atoms with van der Waals surface area (Å²) in [6.45, 7) is 7.13. The summed E-state index contributed by atoms with van der Waals surface area (Å²) in [5.41, 5.74) is 0.0741. The van der Waals surface area contributed by atoms with Crippen LogP contribution in [0.1, 0.15) is 39.7 Å². The van der Waals surface area contributed by atoms with Gasteiger partial charge >= 0.3 is 18.2 Å². The minimum absolute atomic E-state index is 0.0176. The minimum Gasteiger partial charge on any atom is -0.480 e. The maximum absolute atomic E-state index is 12.3. The third kappa shape index (κ3) is 8.94. The van der Waals surface area contributed by atoms with Crippen molar-refractivity contribution < 1.29 is 29.0 Å². The van der Waals surface area contributed by atoms with Crippen LogP contribution in [0, 0.1) is 0 Å². The molecule has 0 heterocycles. The molecule has 8 heteroatoms. The number of hydrogen-bond acceptors (Lipinski definition) is 5. The number of alkyl carbamates (subject to hydrolysis) is 1. The predicted octanol–water partition coefficient (Wildman–Crippen LogP) is 3.01. The van der Waals surface area contributed by atoms with Crippen molar-refractivity contribution in [2.24, 2.45) is 0 Å². The molecule has 0 spiro atoms. The Morgan fingerprint density at radius 1 is 1.19 bits per heavy atom. The van der Waals surface area contributed by atoms with Crippen LogP contribution in [0.5, 0.6) is 0 Å². The number of carboxylic acids is 1. The Hall–Kier alpha value is -2.77. The molecule has 0 aliphatic heterocycles. The van der Waals surface area contributed by atoms with Crippen LogP contribution < -0.4 is 5.32 Å². The van der Waals surface area contributed by atoms with Crippen LogP contribution in [-0.4, -0.2) is 52.9 Å². The van der Waals surface area contributed by atoms with Gasteiger partial charge in [-0.2, -0.15) is 0 Å². The number of benzene rings is 1. The monoisotopic (exact) mass is 380 g/mol. The summed E-state index contributed by atoms with van der Waals surface area (Å²) in [5, 5.41) is 11.7. The number of nitrogens with zero attached hydrogens (tertiary/aromatic N) is 1. The summed E-state index contributed by atoms with van der Waals surface area (Å²) >= 11 is 0. The van der Waals surface area contributed by atoms with Crippen LogP contribution in [0.3, 0.4) is 0 Å². The molecule has 0 aliphatic carbocycles. The molecular formula is C19H28N2O6. The molecule has 1 aromatic carbocycles. The van der Waals surface area contributed by atoms with Gasteiger partial charge < -0.3 is 24.8 Å². The summed E-state index contributed by atoms with van der Waals surface area (Å²) in [7, 11) is 0. The van der Waals surface area contributed by atoms with Gasteiger partial charge in [-0.1, -0.05) is 37.3 Å². The van der Waals surface area contributed by atoms with E-state index in [0.29, 0.717) is 13.0 Å². The van der Waals surface area contributed by atoms with Gasteiger partial charge in [0.05, 0.1) is 6.54 Å². The summed E-state index contributed by atoms with van der Waals surface area (Å²) in [5.74, 6) is -1.27. The van der Waals surface area contributed by atoms with E-state index >= 15 is 0 Å². The van der Waals surface area contributed by atoms with E-state index in [0.717, 1.165) is 5.56 Å². The zero-order valence-corrected chi connectivity index (χ0v) is 16.2. The first-order chi connectivity index (χ1) is 12.6. The lowest BCUT2D eigenvalue weighted by atomic mass is 10.2. The van der Waals surface area contributed by atoms with Crippen molar-refractivity contribution in [2.75, 3.05) is 13.1 Å². The fourth-order valence-corrected chi connectivity index (χ4v) is 2.17. The van der Waals surface area contributed by atoms with Crippen molar-refractivity contribution in [1.29, 1.82) is 0 Å². The molecule has 8 nitrogen and oxygen atoms in total. The molecule has 150 valence electrons. The van der Waals surface area contributed by atoms with Gasteiger partial charge in [-0.15, -0.1) is 0 Å². The number of ether oxygens (including phenoxy) is 2. The second-order valence-electron chi connectivity index (χ2n) is 7.02. The van der Waals surface area contributed by atoms with Crippen LogP contribution >= 0.6 is 0 Å². The Bertz CT molecular complexity index is 627. The number of hydrogen-bond donors (Lipinski definition) is 2. The molecule has 0 saturated heterocycles. The van der Waals surface area contributed by atoms with Crippen LogP contribution in [0.25, 0.3) is 0 Å². The number of carboxylic acid groups (broad SMARTS) is 1. The summed E-state index contributed by atoms with van der Waals surface area (Å²) in [4.78, 5) is 37.0. The zero-order valence-electron chi connectivity index (χ0n) is 16.2. The second kappa shape index (κ2) is 10.4. The van der Waals surface area contributed by atoms with Gasteiger partial charge in [-0.25, -0.2) is 14.4 Å². The summed E-state index contributed by atoms with van der Waals surface area (Å²) in [6, 6.07) is 7.71. The first-order valence-electron chi connectivity index (χ1n) is 8.80. The lowest BCUT2D eigenvalue weighted by molar-refractivity contribution is -0.139. The molecule has 0 bridgehead atoms. The van der Waals surface area contributed by atoms with Crippen LogP contribution in [0.2, 0.25) is 0 Å². The molecule has 0 saturated carbocycles. The highest BCUT2D eigenvalue weighted by Gasteiger charge is 2.28. The van der Waals surface area contributed by atoms with Crippen molar-refractivity contribution in [3.63, 3.8) is 0 Å². The molecule has 2 amide bonds. The van der Waals surface area contributed by atoms with E-state index in [-0.39, 0.29) is 13.2 Å². The van der Waals surface area contributed by atoms with Crippen molar-refractivity contribution in [2.45, 2.75) is 52.4 Å². The number of aliphatic carboxylic acids is 1. The standard InChI is InChI=1S/C19H28N2O6/c1-5-11-21(18(25)27-19(2,3)4)12-15(16(22)23)20-17(24)26-13-14-9-7-6-8-10-14/h6-10,15H,5,11-13H2,1-4H3,(H,20,24)(H,22,23)/t15-/m0/s1. The fourth-order valence-electron chi connectivity index (χ4n) is 2.17. The number of amides is 2. The lowest BCUT2D eigenvalue weighted by Crippen LogP contribution is -2.51. The lowest BCUT2D eigenvalue weighted by Gasteiger charge is -2.29. The van der Waals surface area contributed by atoms with Gasteiger partial charge in [-0.05, 0) is 32.8 Å². The van der Waals surface area contributed by atoms with Gasteiger partial charge in [0.15, 0.2) is 0 Å². The van der Waals surface area contributed by atoms with E-state index in [2.05, 4.69) is 5.32 Å². The van der Waals surface area contributed by atoms with Gasteiger partial charge in [-0.3, -0.25) is 0 Å². The highest BCUT2D eigenvalue weighted by Crippen LogP contribution is 2.11. The molecule has 0 aliphatic rings. The smallest absolute Gasteiger partial charge is 0.410 e. The molecule has 0 radical (unpaired) electrons. The molecule has 27 heavy (non-hydrogen) atoms. The van der Waals surface area contributed by atoms with Crippen molar-refractivity contribution in [1.82, 2.24) is 10.2 Å². The Morgan fingerprint density at radius 2 is 1.81 bits per heavy atom. The Kier molecular flexibility index (Phi) is 8.58. The van der Waals surface area contributed by atoms with Crippen LogP contribution in [0.15, 0.2) is 30.3 Å². The highest BCUT2D eigenvalue weighted by molar-refractivity contribution is 5.81. The van der Waals surface area contributed by atoms with Crippen molar-refractivity contribution in [3.05, 3.63) is 35.9 Å². The van der Waals surface area contributed by atoms with Gasteiger partial charge in [0.2, 0.25) is 0 Å². The van der Waals surface area contributed by atoms with E-state index in [4.69, 9.17) is 9.47 Å². The topological polar surface area (TPSA) is 105 Å². The van der Waals surface area contributed by atoms with E-state index in [1.807, 2.05) is 13.0 Å². The molecule has 1 atom stereocenters. The summed E-state index contributed by atoms with van der Waals surface area (Å²) in [6.07, 6.45) is -0.883. The molecule has 0 aromatic heterocycles. The zero-order chi connectivity index (χ0) is 20.4. The van der Waals surface area contributed by atoms with Crippen LogP contribution in [-0.2, 0) is 20.9 Å². The quantitative estimate of drug-likeness (QED) is 0.718. The van der Waals surface area contributed by atoms with E-state index in [9.17, 15) is 19.5 Å². The maximum Gasteiger partial charge on any atom is 0.410 e. The van der Waals surface area contributed by atoms with E-state index in [1.54, 1.807) is 45.0 Å². The van der Waals surface area contributed by atoms with Crippen LogP contribution in [0.4, 0.5) is 9.59 Å². The molecule has 2 N–H and O–H groups in total. The third-order valence-corrected chi connectivity index (χ3v) is 3.35. The maximum atomic E-state index is 12.3. The number of carbonyl (C=O) groups excluding carboxylic acids is 2. The Morgan fingerprint density at radius 3 is 2.33 bits per heavy atom. The summed E-state index contributed by atoms with van der Waals surface area (Å²) < 4.78 is 10.3. The third-order valence-electron chi connectivity index (χ3n) is 3.35. The van der Waals surface area contributed by atoms with Crippen molar-refractivity contribution >= 4 is 18.2 Å². The largest absolute Gasteiger partial charge is 0.480 e. The predicted molar refractivity (Wildman–Crippen MR) is 99.3 cm³/mol. The minimum atomic E-state index is -1.31. The first kappa shape index (κ1) is 22.3. The second-order valence-corrected chi connectivity index (χ2v) is 7.02. The fraction of sp³-hybridized carbons (Fsp3) is 0.526. The molecule has 0 unspecified atom stereocenters. The molecule has 1 aromatic rings. The van der Waals surface area contributed by atoms with Gasteiger partial charge in [0, 0.05) is 6.54 Å². The molecule has 0 fully saturated rings. The normalized spacial score (nSPS) is 12.0. The average molecular weight is 380 g/mol. The van der Waals surface area contributed by atoms with Gasteiger partial charge in [0.1, 0.15) is 18.2 Å². The Balaban J connectivity index is 2.67. The number of carbonyl (C=O) groups is 3. The highest BCUT2D eigenvalue weighted by atomic mass is 16.6. The Labute approximate surface area is 159 Å². The average Bonchev–Trinajstić information content (AvgIpc) is 2.58. The SMILES string of the molecule is CCCN(C[C@H](NC(=O)OCc1ccccc1)C(=O)O)C(=O)OC(C)(C)C. The van der Waals surface area contributed by atoms with Crippen molar-refractivity contribution in [3.8, 4) is 0 Å². The molecule has 1 rings (SSSR count). The van der Waals surface area contributed by atoms with Gasteiger partial charge in [0.25, 0.3) is 0 Å².